The molecule has 0 radical (unpaired) electrons. The number of benzene rings is 1. The van der Waals surface area contributed by atoms with Crippen LogP contribution in [0.3, 0.4) is 0 Å². The molecule has 0 atom stereocenters. The number of nitrogen functional groups attached to an aromatic ring is 1. The number of nitrogens with zero attached hydrogens (tertiary/aromatic N) is 3. The standard InChI is InChI=1S/C15H14N4O/c1-10-3-2-4-11(7-10)8-14-18-15(20-19-14)12-5-6-13(16)17-9-12/h2-7,9H,8H2,1H3,(H2,16,17). The monoisotopic (exact) mass is 266 g/mol. The summed E-state index contributed by atoms with van der Waals surface area (Å²) in [5.74, 6) is 1.58. The van der Waals surface area contributed by atoms with Gasteiger partial charge in [-0.15, -0.1) is 0 Å². The summed E-state index contributed by atoms with van der Waals surface area (Å²) in [6, 6.07) is 11.8. The Kier molecular flexibility index (Phi) is 3.16. The Morgan fingerprint density at radius 2 is 2.10 bits per heavy atom. The molecule has 3 aromatic rings. The molecule has 0 amide bonds. The molecule has 0 saturated heterocycles. The van der Waals surface area contributed by atoms with Crippen molar-refractivity contribution in [3.8, 4) is 11.5 Å². The van der Waals surface area contributed by atoms with Crippen molar-refractivity contribution >= 4 is 5.82 Å². The molecule has 0 spiro atoms. The van der Waals surface area contributed by atoms with E-state index in [2.05, 4.69) is 34.2 Å². The van der Waals surface area contributed by atoms with Gasteiger partial charge in [0.25, 0.3) is 5.89 Å². The molecule has 2 aromatic heterocycles. The maximum Gasteiger partial charge on any atom is 0.259 e. The molecule has 2 N–H and O–H groups in total. The second-order valence-electron chi connectivity index (χ2n) is 4.65. The van der Waals surface area contributed by atoms with Crippen LogP contribution in [-0.4, -0.2) is 15.1 Å². The van der Waals surface area contributed by atoms with Crippen LogP contribution in [0.25, 0.3) is 11.5 Å². The van der Waals surface area contributed by atoms with E-state index in [-0.39, 0.29) is 0 Å². The van der Waals surface area contributed by atoms with E-state index >= 15 is 0 Å². The summed E-state index contributed by atoms with van der Waals surface area (Å²) in [6.45, 7) is 2.06. The first-order valence-corrected chi connectivity index (χ1v) is 6.31. The fourth-order valence-corrected chi connectivity index (χ4v) is 1.98. The minimum Gasteiger partial charge on any atom is -0.384 e. The lowest BCUT2D eigenvalue weighted by molar-refractivity contribution is 0.424. The van der Waals surface area contributed by atoms with Gasteiger partial charge in [-0.2, -0.15) is 4.98 Å². The second kappa shape index (κ2) is 5.13. The van der Waals surface area contributed by atoms with E-state index in [0.717, 1.165) is 11.1 Å². The molecule has 5 heteroatoms. The molecule has 0 fully saturated rings. The van der Waals surface area contributed by atoms with E-state index in [9.17, 15) is 0 Å². The summed E-state index contributed by atoms with van der Waals surface area (Å²) < 4.78 is 5.25. The Bertz CT molecular complexity index is 719. The highest BCUT2D eigenvalue weighted by Crippen LogP contribution is 2.18. The second-order valence-corrected chi connectivity index (χ2v) is 4.65. The maximum atomic E-state index is 5.55. The molecule has 20 heavy (non-hydrogen) atoms. The van der Waals surface area contributed by atoms with Crippen LogP contribution in [0.15, 0.2) is 47.1 Å². The van der Waals surface area contributed by atoms with Crippen LogP contribution in [0, 0.1) is 6.92 Å². The Hall–Kier alpha value is -2.69. The quantitative estimate of drug-likeness (QED) is 0.788. The molecular weight excluding hydrogens is 252 g/mol. The zero-order chi connectivity index (χ0) is 13.9. The van der Waals surface area contributed by atoms with Gasteiger partial charge in [0.2, 0.25) is 0 Å². The lowest BCUT2D eigenvalue weighted by atomic mass is 10.1. The number of aromatic nitrogens is 3. The average molecular weight is 266 g/mol. The third kappa shape index (κ3) is 2.66. The highest BCUT2D eigenvalue weighted by Gasteiger charge is 2.09. The largest absolute Gasteiger partial charge is 0.384 e. The fraction of sp³-hybridized carbons (Fsp3) is 0.133. The third-order valence-electron chi connectivity index (χ3n) is 2.95. The normalized spacial score (nSPS) is 10.7. The average Bonchev–Trinajstić information content (AvgIpc) is 2.88. The zero-order valence-electron chi connectivity index (χ0n) is 11.1. The number of anilines is 1. The topological polar surface area (TPSA) is 77.8 Å². The van der Waals surface area contributed by atoms with Gasteiger partial charge in [0.05, 0.1) is 5.56 Å². The van der Waals surface area contributed by atoms with Crippen LogP contribution in [0.2, 0.25) is 0 Å². The first kappa shape index (κ1) is 12.3. The first-order chi connectivity index (χ1) is 9.70. The number of nitrogens with two attached hydrogens (primary N) is 1. The van der Waals surface area contributed by atoms with Crippen LogP contribution in [0.1, 0.15) is 17.0 Å². The SMILES string of the molecule is Cc1cccc(Cc2noc(-c3ccc(N)nc3)n2)c1. The number of rotatable bonds is 3. The summed E-state index contributed by atoms with van der Waals surface area (Å²) in [6.07, 6.45) is 2.27. The summed E-state index contributed by atoms with van der Waals surface area (Å²) >= 11 is 0. The van der Waals surface area contributed by atoms with Crippen molar-refractivity contribution in [1.82, 2.24) is 15.1 Å². The van der Waals surface area contributed by atoms with E-state index in [1.165, 1.54) is 5.56 Å². The van der Waals surface area contributed by atoms with Gasteiger partial charge >= 0.3 is 0 Å². The molecule has 0 unspecified atom stereocenters. The van der Waals surface area contributed by atoms with Gasteiger partial charge < -0.3 is 10.3 Å². The number of aryl methyl sites for hydroxylation is 1. The van der Waals surface area contributed by atoms with Crippen molar-refractivity contribution < 1.29 is 4.52 Å². The van der Waals surface area contributed by atoms with Gasteiger partial charge in [-0.05, 0) is 24.6 Å². The molecule has 0 saturated carbocycles. The molecule has 0 bridgehead atoms. The van der Waals surface area contributed by atoms with Gasteiger partial charge in [-0.1, -0.05) is 35.0 Å². The van der Waals surface area contributed by atoms with Gasteiger partial charge in [0, 0.05) is 12.6 Å². The third-order valence-corrected chi connectivity index (χ3v) is 2.95. The van der Waals surface area contributed by atoms with E-state index < -0.39 is 0 Å². The highest BCUT2D eigenvalue weighted by atomic mass is 16.5. The predicted octanol–water partition coefficient (Wildman–Crippen LogP) is 2.61. The van der Waals surface area contributed by atoms with Gasteiger partial charge in [-0.3, -0.25) is 0 Å². The molecular formula is C15H14N4O. The van der Waals surface area contributed by atoms with Crippen molar-refractivity contribution in [2.45, 2.75) is 13.3 Å². The molecule has 100 valence electrons. The van der Waals surface area contributed by atoms with Crippen LogP contribution in [0.4, 0.5) is 5.82 Å². The van der Waals surface area contributed by atoms with E-state index in [1.807, 2.05) is 18.2 Å². The van der Waals surface area contributed by atoms with Crippen LogP contribution < -0.4 is 5.73 Å². The molecule has 0 aliphatic rings. The van der Waals surface area contributed by atoms with Gasteiger partial charge in [0.15, 0.2) is 5.82 Å². The fourth-order valence-electron chi connectivity index (χ4n) is 1.98. The van der Waals surface area contributed by atoms with Crippen molar-refractivity contribution in [3.05, 3.63) is 59.5 Å². The molecule has 0 aliphatic carbocycles. The van der Waals surface area contributed by atoms with E-state index in [4.69, 9.17) is 10.3 Å². The van der Waals surface area contributed by atoms with Gasteiger partial charge in [-0.25, -0.2) is 4.98 Å². The molecule has 1 aromatic carbocycles. The predicted molar refractivity (Wildman–Crippen MR) is 75.9 cm³/mol. The minimum atomic E-state index is 0.458. The van der Waals surface area contributed by atoms with Crippen molar-refractivity contribution in [2.24, 2.45) is 0 Å². The summed E-state index contributed by atoms with van der Waals surface area (Å²) in [7, 11) is 0. The Balaban J connectivity index is 1.82. The summed E-state index contributed by atoms with van der Waals surface area (Å²) in [4.78, 5) is 8.39. The van der Waals surface area contributed by atoms with E-state index in [1.54, 1.807) is 12.3 Å². The lowest BCUT2D eigenvalue weighted by Crippen LogP contribution is -1.92. The number of hydrogen-bond donors (Lipinski definition) is 1. The zero-order valence-corrected chi connectivity index (χ0v) is 11.1. The molecule has 2 heterocycles. The summed E-state index contributed by atoms with van der Waals surface area (Å²) in [5, 5.41) is 3.99. The van der Waals surface area contributed by atoms with E-state index in [0.29, 0.717) is 24.0 Å². The van der Waals surface area contributed by atoms with Crippen LogP contribution in [-0.2, 0) is 6.42 Å². The molecule has 5 nitrogen and oxygen atoms in total. The minimum absolute atomic E-state index is 0.458. The Labute approximate surface area is 116 Å². The maximum absolute atomic E-state index is 5.55. The number of pyridine rings is 1. The lowest BCUT2D eigenvalue weighted by Gasteiger charge is -1.97. The van der Waals surface area contributed by atoms with Crippen LogP contribution >= 0.6 is 0 Å². The molecule has 3 rings (SSSR count). The Morgan fingerprint density at radius 1 is 1.20 bits per heavy atom. The van der Waals surface area contributed by atoms with Crippen molar-refractivity contribution in [3.63, 3.8) is 0 Å². The summed E-state index contributed by atoms with van der Waals surface area (Å²) in [5.41, 5.74) is 8.69. The van der Waals surface area contributed by atoms with Crippen molar-refractivity contribution in [1.29, 1.82) is 0 Å². The first-order valence-electron chi connectivity index (χ1n) is 6.31. The smallest absolute Gasteiger partial charge is 0.259 e. The molecule has 0 aliphatic heterocycles. The van der Waals surface area contributed by atoms with Crippen LogP contribution in [0.5, 0.6) is 0 Å². The van der Waals surface area contributed by atoms with Crippen molar-refractivity contribution in [2.75, 3.05) is 5.73 Å². The highest BCUT2D eigenvalue weighted by molar-refractivity contribution is 5.53. The Morgan fingerprint density at radius 3 is 2.85 bits per heavy atom. The van der Waals surface area contributed by atoms with Gasteiger partial charge in [0.1, 0.15) is 5.82 Å². The number of hydrogen-bond acceptors (Lipinski definition) is 5.